The molecule has 1 amide bonds. The van der Waals surface area contributed by atoms with Crippen LogP contribution in [-0.4, -0.2) is 41.5 Å². The molecule has 1 saturated carbocycles. The largest absolute Gasteiger partial charge is 0.344 e. The monoisotopic (exact) mass is 391 g/mol. The Morgan fingerprint density at radius 1 is 1.11 bits per heavy atom. The van der Waals surface area contributed by atoms with Crippen molar-refractivity contribution < 1.29 is 4.79 Å². The lowest BCUT2D eigenvalue weighted by Crippen LogP contribution is -2.54. The summed E-state index contributed by atoms with van der Waals surface area (Å²) >= 11 is 1.74. The predicted octanol–water partition coefficient (Wildman–Crippen LogP) is 4.45. The second-order valence-corrected chi connectivity index (χ2v) is 9.05. The van der Waals surface area contributed by atoms with Crippen LogP contribution in [0, 0.1) is 0 Å². The number of anilines is 1. The minimum absolute atomic E-state index is 0.194. The standard InChI is InChI=1S/C23H25N3OS/c1-16-15-25(23-24-20-4-2-3-5-21(20)28-23)12-13-26(16)22(27)14-17-6-8-18(9-7-17)19-10-11-19/h2-9,16,19H,10-15H2,1H3. The van der Waals surface area contributed by atoms with Gasteiger partial charge in [-0.3, -0.25) is 4.79 Å². The Balaban J connectivity index is 1.23. The average molecular weight is 392 g/mol. The topological polar surface area (TPSA) is 36.4 Å². The molecule has 1 atom stereocenters. The summed E-state index contributed by atoms with van der Waals surface area (Å²) in [5, 5.41) is 1.07. The zero-order chi connectivity index (χ0) is 19.1. The van der Waals surface area contributed by atoms with E-state index in [1.807, 2.05) is 11.0 Å². The van der Waals surface area contributed by atoms with Crippen LogP contribution in [0.2, 0.25) is 0 Å². The van der Waals surface area contributed by atoms with Crippen molar-refractivity contribution in [2.75, 3.05) is 24.5 Å². The van der Waals surface area contributed by atoms with E-state index >= 15 is 0 Å². The summed E-state index contributed by atoms with van der Waals surface area (Å²) in [6.07, 6.45) is 3.12. The van der Waals surface area contributed by atoms with Crippen molar-refractivity contribution in [2.45, 2.75) is 38.1 Å². The lowest BCUT2D eigenvalue weighted by atomic mass is 10.0. The Morgan fingerprint density at radius 3 is 2.61 bits per heavy atom. The van der Waals surface area contributed by atoms with Crippen LogP contribution in [0.25, 0.3) is 10.2 Å². The smallest absolute Gasteiger partial charge is 0.227 e. The molecule has 1 aromatic heterocycles. The van der Waals surface area contributed by atoms with Crippen LogP contribution in [0.15, 0.2) is 48.5 Å². The quantitative estimate of drug-likeness (QED) is 0.659. The van der Waals surface area contributed by atoms with Crippen LogP contribution in [0.1, 0.15) is 36.8 Å². The van der Waals surface area contributed by atoms with Crippen LogP contribution < -0.4 is 4.90 Å². The third-order valence-electron chi connectivity index (χ3n) is 5.88. The highest BCUT2D eigenvalue weighted by atomic mass is 32.1. The van der Waals surface area contributed by atoms with E-state index < -0.39 is 0 Å². The number of benzene rings is 2. The fourth-order valence-electron chi connectivity index (χ4n) is 4.10. The van der Waals surface area contributed by atoms with E-state index in [4.69, 9.17) is 4.98 Å². The first kappa shape index (κ1) is 17.7. The van der Waals surface area contributed by atoms with Gasteiger partial charge in [-0.1, -0.05) is 47.7 Å². The van der Waals surface area contributed by atoms with Crippen molar-refractivity contribution >= 4 is 32.6 Å². The van der Waals surface area contributed by atoms with Gasteiger partial charge in [-0.15, -0.1) is 0 Å². The van der Waals surface area contributed by atoms with Crippen molar-refractivity contribution in [3.8, 4) is 0 Å². The number of hydrogen-bond donors (Lipinski definition) is 0. The van der Waals surface area contributed by atoms with E-state index in [1.54, 1.807) is 11.3 Å². The van der Waals surface area contributed by atoms with Gasteiger partial charge in [0.05, 0.1) is 16.6 Å². The molecular formula is C23H25N3OS. The molecule has 0 spiro atoms. The molecule has 0 radical (unpaired) electrons. The summed E-state index contributed by atoms with van der Waals surface area (Å²) in [7, 11) is 0. The van der Waals surface area contributed by atoms with Gasteiger partial charge in [0.2, 0.25) is 5.91 Å². The fraction of sp³-hybridized carbons (Fsp3) is 0.391. The van der Waals surface area contributed by atoms with Crippen LogP contribution in [0.5, 0.6) is 0 Å². The van der Waals surface area contributed by atoms with Gasteiger partial charge in [-0.2, -0.15) is 0 Å². The highest BCUT2D eigenvalue weighted by molar-refractivity contribution is 7.22. The molecule has 3 aromatic rings. The molecule has 0 bridgehead atoms. The van der Waals surface area contributed by atoms with E-state index in [-0.39, 0.29) is 11.9 Å². The summed E-state index contributed by atoms with van der Waals surface area (Å²) in [5.41, 5.74) is 3.60. The number of piperazine rings is 1. The SMILES string of the molecule is CC1CN(c2nc3ccccc3s2)CCN1C(=O)Cc1ccc(C2CC2)cc1. The van der Waals surface area contributed by atoms with Gasteiger partial charge in [-0.25, -0.2) is 4.98 Å². The molecule has 2 aliphatic rings. The van der Waals surface area contributed by atoms with Gasteiger partial charge in [0.1, 0.15) is 0 Å². The van der Waals surface area contributed by atoms with E-state index in [9.17, 15) is 4.79 Å². The first-order chi connectivity index (χ1) is 13.7. The molecule has 1 aliphatic carbocycles. The lowest BCUT2D eigenvalue weighted by molar-refractivity contribution is -0.132. The zero-order valence-corrected chi connectivity index (χ0v) is 17.0. The van der Waals surface area contributed by atoms with Crippen LogP contribution in [-0.2, 0) is 11.2 Å². The molecule has 4 nitrogen and oxygen atoms in total. The molecule has 5 heteroatoms. The maximum Gasteiger partial charge on any atom is 0.227 e. The van der Waals surface area contributed by atoms with E-state index in [1.165, 1.54) is 23.1 Å². The first-order valence-electron chi connectivity index (χ1n) is 10.2. The minimum Gasteiger partial charge on any atom is -0.344 e. The number of aromatic nitrogens is 1. The summed E-state index contributed by atoms with van der Waals surface area (Å²) in [4.78, 5) is 22.0. The Hall–Kier alpha value is -2.40. The number of rotatable bonds is 4. The summed E-state index contributed by atoms with van der Waals surface area (Å²) in [6.45, 7) is 4.59. The Labute approximate surface area is 169 Å². The fourth-order valence-corrected chi connectivity index (χ4v) is 5.10. The van der Waals surface area contributed by atoms with Crippen LogP contribution in [0.3, 0.4) is 0 Å². The second kappa shape index (κ2) is 7.21. The molecule has 1 unspecified atom stereocenters. The van der Waals surface area contributed by atoms with Crippen LogP contribution >= 0.6 is 11.3 Å². The van der Waals surface area contributed by atoms with Crippen LogP contribution in [0.4, 0.5) is 5.13 Å². The highest BCUT2D eigenvalue weighted by Crippen LogP contribution is 2.40. The number of carbonyl (C=O) groups excluding carboxylic acids is 1. The maximum atomic E-state index is 12.9. The first-order valence-corrected chi connectivity index (χ1v) is 11.0. The molecule has 5 rings (SSSR count). The van der Waals surface area contributed by atoms with Gasteiger partial charge in [0.25, 0.3) is 0 Å². The third kappa shape index (κ3) is 3.51. The van der Waals surface area contributed by atoms with Crippen molar-refractivity contribution in [3.05, 3.63) is 59.7 Å². The minimum atomic E-state index is 0.194. The molecule has 2 aromatic carbocycles. The lowest BCUT2D eigenvalue weighted by Gasteiger charge is -2.40. The van der Waals surface area contributed by atoms with Gasteiger partial charge in [0, 0.05) is 25.7 Å². The van der Waals surface area contributed by atoms with Gasteiger partial charge in [0.15, 0.2) is 5.13 Å². The Kier molecular flexibility index (Phi) is 4.55. The number of hydrogen-bond acceptors (Lipinski definition) is 4. The molecule has 2 fully saturated rings. The third-order valence-corrected chi connectivity index (χ3v) is 6.98. The molecule has 144 valence electrons. The number of amides is 1. The van der Waals surface area contributed by atoms with Gasteiger partial charge in [-0.05, 0) is 48.9 Å². The summed E-state index contributed by atoms with van der Waals surface area (Å²) in [5.74, 6) is 0.996. The predicted molar refractivity (Wildman–Crippen MR) is 115 cm³/mol. The maximum absolute atomic E-state index is 12.9. The Bertz CT molecular complexity index is 960. The van der Waals surface area contributed by atoms with Gasteiger partial charge < -0.3 is 9.80 Å². The number of fused-ring (bicyclic) bond motifs is 1. The average Bonchev–Trinajstić information content (AvgIpc) is 3.46. The number of para-hydroxylation sites is 1. The van der Waals surface area contributed by atoms with E-state index in [0.29, 0.717) is 6.42 Å². The second-order valence-electron chi connectivity index (χ2n) is 8.04. The molecular weight excluding hydrogens is 366 g/mol. The zero-order valence-electron chi connectivity index (χ0n) is 16.2. The van der Waals surface area contributed by atoms with E-state index in [0.717, 1.165) is 41.8 Å². The number of nitrogens with zero attached hydrogens (tertiary/aromatic N) is 3. The molecule has 2 heterocycles. The highest BCUT2D eigenvalue weighted by Gasteiger charge is 2.29. The van der Waals surface area contributed by atoms with Crippen molar-refractivity contribution in [3.63, 3.8) is 0 Å². The molecule has 1 aliphatic heterocycles. The van der Waals surface area contributed by atoms with Crippen molar-refractivity contribution in [1.29, 1.82) is 0 Å². The normalized spacial score (nSPS) is 20.0. The molecule has 0 N–H and O–H groups in total. The summed E-state index contributed by atoms with van der Waals surface area (Å²) < 4.78 is 1.22. The van der Waals surface area contributed by atoms with Crippen molar-refractivity contribution in [2.24, 2.45) is 0 Å². The van der Waals surface area contributed by atoms with Crippen molar-refractivity contribution in [1.82, 2.24) is 9.88 Å². The molecule has 1 saturated heterocycles. The molecule has 28 heavy (non-hydrogen) atoms. The number of thiazole rings is 1. The Morgan fingerprint density at radius 2 is 1.89 bits per heavy atom. The van der Waals surface area contributed by atoms with E-state index in [2.05, 4.69) is 54.3 Å². The number of carbonyl (C=O) groups is 1. The van der Waals surface area contributed by atoms with Gasteiger partial charge >= 0.3 is 0 Å². The summed E-state index contributed by atoms with van der Waals surface area (Å²) in [6, 6.07) is 17.1.